The summed E-state index contributed by atoms with van der Waals surface area (Å²) in [7, 11) is 1.56. The maximum absolute atomic E-state index is 12.2. The SMILES string of the molecule is CCCCc1nn2c(=O)cc(COC(=O)c3ccc(OC)cc3)nc2s1. The van der Waals surface area contributed by atoms with E-state index in [-0.39, 0.29) is 12.2 Å². The number of methoxy groups -OCH3 is 1. The fraction of sp³-hybridized carbons (Fsp3) is 0.333. The second-order valence-electron chi connectivity index (χ2n) is 5.68. The first kappa shape index (κ1) is 18.1. The van der Waals surface area contributed by atoms with Crippen molar-refractivity contribution in [2.75, 3.05) is 7.11 Å². The number of rotatable bonds is 7. The van der Waals surface area contributed by atoms with Gasteiger partial charge in [-0.2, -0.15) is 9.61 Å². The lowest BCUT2D eigenvalue weighted by Crippen LogP contribution is -2.16. The molecule has 0 atom stereocenters. The molecule has 0 fully saturated rings. The van der Waals surface area contributed by atoms with Crippen molar-refractivity contribution in [2.24, 2.45) is 0 Å². The summed E-state index contributed by atoms with van der Waals surface area (Å²) in [5.41, 5.74) is 0.537. The molecule has 0 saturated carbocycles. The molecule has 0 aliphatic rings. The molecule has 26 heavy (non-hydrogen) atoms. The molecule has 0 aliphatic heterocycles. The summed E-state index contributed by atoms with van der Waals surface area (Å²) in [5.74, 6) is 0.174. The number of ether oxygens (including phenoxy) is 2. The van der Waals surface area contributed by atoms with Crippen LogP contribution in [0.15, 0.2) is 35.1 Å². The van der Waals surface area contributed by atoms with Gasteiger partial charge in [0.25, 0.3) is 5.56 Å². The minimum Gasteiger partial charge on any atom is -0.497 e. The summed E-state index contributed by atoms with van der Waals surface area (Å²) >= 11 is 1.39. The third kappa shape index (κ3) is 4.08. The Labute approximate surface area is 154 Å². The number of benzene rings is 1. The number of carbonyl (C=O) groups excluding carboxylic acids is 1. The molecule has 3 rings (SSSR count). The number of nitrogens with zero attached hydrogens (tertiary/aromatic N) is 3. The van der Waals surface area contributed by atoms with Gasteiger partial charge in [0.05, 0.1) is 18.4 Å². The first-order valence-electron chi connectivity index (χ1n) is 8.30. The highest BCUT2D eigenvalue weighted by atomic mass is 32.1. The van der Waals surface area contributed by atoms with E-state index in [2.05, 4.69) is 17.0 Å². The zero-order valence-electron chi connectivity index (χ0n) is 14.6. The fourth-order valence-electron chi connectivity index (χ4n) is 2.35. The number of carbonyl (C=O) groups is 1. The van der Waals surface area contributed by atoms with Gasteiger partial charge in [0, 0.05) is 12.5 Å². The van der Waals surface area contributed by atoms with Crippen molar-refractivity contribution in [1.29, 1.82) is 0 Å². The number of hydrogen-bond acceptors (Lipinski definition) is 7. The maximum atomic E-state index is 12.2. The lowest BCUT2D eigenvalue weighted by atomic mass is 10.2. The van der Waals surface area contributed by atoms with Crippen molar-refractivity contribution in [3.05, 3.63) is 57.0 Å². The van der Waals surface area contributed by atoms with Gasteiger partial charge in [-0.1, -0.05) is 24.7 Å². The molecule has 0 N–H and O–H groups in total. The number of hydrogen-bond donors (Lipinski definition) is 0. The molecule has 7 nitrogen and oxygen atoms in total. The second kappa shape index (κ2) is 8.09. The lowest BCUT2D eigenvalue weighted by molar-refractivity contribution is 0.0467. The lowest BCUT2D eigenvalue weighted by Gasteiger charge is -2.05. The van der Waals surface area contributed by atoms with Crippen molar-refractivity contribution in [1.82, 2.24) is 14.6 Å². The summed E-state index contributed by atoms with van der Waals surface area (Å²) in [6, 6.07) is 7.95. The highest BCUT2D eigenvalue weighted by Gasteiger charge is 2.12. The quantitative estimate of drug-likeness (QED) is 0.592. The third-order valence-corrected chi connectivity index (χ3v) is 4.73. The zero-order valence-corrected chi connectivity index (χ0v) is 15.4. The predicted octanol–water partition coefficient (Wildman–Crippen LogP) is 2.86. The average Bonchev–Trinajstić information content (AvgIpc) is 3.08. The van der Waals surface area contributed by atoms with Crippen molar-refractivity contribution in [3.8, 4) is 5.75 Å². The Morgan fingerprint density at radius 2 is 2.04 bits per heavy atom. The number of unbranched alkanes of at least 4 members (excludes halogenated alkanes) is 1. The van der Waals surface area contributed by atoms with E-state index in [0.717, 1.165) is 24.3 Å². The summed E-state index contributed by atoms with van der Waals surface area (Å²) in [6.07, 6.45) is 2.90. The minimum absolute atomic E-state index is 0.0706. The van der Waals surface area contributed by atoms with Crippen LogP contribution in [0.3, 0.4) is 0 Å². The van der Waals surface area contributed by atoms with Crippen molar-refractivity contribution in [2.45, 2.75) is 32.8 Å². The summed E-state index contributed by atoms with van der Waals surface area (Å²) < 4.78 is 11.6. The normalized spacial score (nSPS) is 10.8. The van der Waals surface area contributed by atoms with E-state index in [1.54, 1.807) is 31.4 Å². The van der Waals surface area contributed by atoms with Gasteiger partial charge >= 0.3 is 5.97 Å². The first-order chi connectivity index (χ1) is 12.6. The second-order valence-corrected chi connectivity index (χ2v) is 6.72. The Bertz CT molecular complexity index is 963. The molecule has 0 unspecified atom stereocenters. The van der Waals surface area contributed by atoms with Crippen LogP contribution in [0, 0.1) is 0 Å². The van der Waals surface area contributed by atoms with Crippen LogP contribution in [-0.2, 0) is 17.8 Å². The standard InChI is InChI=1S/C18H19N3O4S/c1-3-4-5-15-20-21-16(22)10-13(19-18(21)26-15)11-25-17(23)12-6-8-14(24-2)9-7-12/h6-10H,3-5,11H2,1-2H3. The Morgan fingerprint density at radius 1 is 1.27 bits per heavy atom. The van der Waals surface area contributed by atoms with Crippen LogP contribution in [0.5, 0.6) is 5.75 Å². The summed E-state index contributed by atoms with van der Waals surface area (Å²) in [4.78, 5) is 29.2. The molecule has 3 aromatic rings. The van der Waals surface area contributed by atoms with E-state index < -0.39 is 5.97 Å². The first-order valence-corrected chi connectivity index (χ1v) is 9.12. The molecule has 2 heterocycles. The number of aryl methyl sites for hydroxylation is 1. The van der Waals surface area contributed by atoms with Gasteiger partial charge in [0.2, 0.25) is 4.96 Å². The smallest absolute Gasteiger partial charge is 0.338 e. The summed E-state index contributed by atoms with van der Waals surface area (Å²) in [5, 5.41) is 5.17. The monoisotopic (exact) mass is 373 g/mol. The van der Waals surface area contributed by atoms with Crippen molar-refractivity contribution >= 4 is 22.3 Å². The molecule has 0 spiro atoms. The molecule has 2 aromatic heterocycles. The van der Waals surface area contributed by atoms with Gasteiger partial charge in [0.1, 0.15) is 17.4 Å². The van der Waals surface area contributed by atoms with Crippen LogP contribution in [0.1, 0.15) is 40.8 Å². The molecule has 0 bridgehead atoms. The van der Waals surface area contributed by atoms with Gasteiger partial charge in [-0.3, -0.25) is 4.79 Å². The third-order valence-electron chi connectivity index (χ3n) is 3.76. The zero-order chi connectivity index (χ0) is 18.5. The van der Waals surface area contributed by atoms with Gasteiger partial charge < -0.3 is 9.47 Å². The Kier molecular flexibility index (Phi) is 5.62. The van der Waals surface area contributed by atoms with Crippen LogP contribution < -0.4 is 10.3 Å². The number of aromatic nitrogens is 3. The van der Waals surface area contributed by atoms with Gasteiger partial charge in [-0.15, -0.1) is 0 Å². The molecule has 0 amide bonds. The largest absolute Gasteiger partial charge is 0.497 e. The van der Waals surface area contributed by atoms with E-state index in [4.69, 9.17) is 9.47 Å². The Morgan fingerprint density at radius 3 is 2.73 bits per heavy atom. The van der Waals surface area contributed by atoms with Crippen molar-refractivity contribution in [3.63, 3.8) is 0 Å². The van der Waals surface area contributed by atoms with Gasteiger partial charge in [-0.25, -0.2) is 9.78 Å². The van der Waals surface area contributed by atoms with Crippen LogP contribution in [-0.4, -0.2) is 27.7 Å². The van der Waals surface area contributed by atoms with E-state index >= 15 is 0 Å². The van der Waals surface area contributed by atoms with Crippen LogP contribution in [0.4, 0.5) is 0 Å². The van der Waals surface area contributed by atoms with Crippen LogP contribution in [0.2, 0.25) is 0 Å². The van der Waals surface area contributed by atoms with E-state index in [1.807, 2.05) is 0 Å². The van der Waals surface area contributed by atoms with Crippen LogP contribution in [0.25, 0.3) is 4.96 Å². The van der Waals surface area contributed by atoms with E-state index in [9.17, 15) is 9.59 Å². The predicted molar refractivity (Wildman–Crippen MR) is 97.9 cm³/mol. The molecule has 8 heteroatoms. The van der Waals surface area contributed by atoms with E-state index in [1.165, 1.54) is 21.9 Å². The molecular formula is C18H19N3O4S. The molecule has 0 aliphatic carbocycles. The molecular weight excluding hydrogens is 354 g/mol. The van der Waals surface area contributed by atoms with Crippen LogP contribution >= 0.6 is 11.3 Å². The molecule has 0 radical (unpaired) electrons. The topological polar surface area (TPSA) is 82.8 Å². The fourth-order valence-corrected chi connectivity index (χ4v) is 3.31. The Balaban J connectivity index is 1.71. The number of esters is 1. The highest BCUT2D eigenvalue weighted by molar-refractivity contribution is 7.16. The molecule has 0 saturated heterocycles. The van der Waals surface area contributed by atoms with Gasteiger partial charge in [-0.05, 0) is 30.7 Å². The Hall–Kier alpha value is -2.74. The van der Waals surface area contributed by atoms with Crippen molar-refractivity contribution < 1.29 is 14.3 Å². The molecule has 1 aromatic carbocycles. The minimum atomic E-state index is -0.484. The molecule has 136 valence electrons. The van der Waals surface area contributed by atoms with E-state index in [0.29, 0.717) is 22.0 Å². The maximum Gasteiger partial charge on any atom is 0.338 e. The summed E-state index contributed by atoms with van der Waals surface area (Å²) in [6.45, 7) is 2.03. The van der Waals surface area contributed by atoms with Gasteiger partial charge in [0.15, 0.2) is 0 Å². The number of fused-ring (bicyclic) bond motifs is 1. The highest BCUT2D eigenvalue weighted by Crippen LogP contribution is 2.15. The average molecular weight is 373 g/mol.